The highest BCUT2D eigenvalue weighted by Crippen LogP contribution is 2.21. The summed E-state index contributed by atoms with van der Waals surface area (Å²) in [5.41, 5.74) is 1.77. The van der Waals surface area contributed by atoms with Crippen molar-refractivity contribution < 1.29 is 9.66 Å². The fraction of sp³-hybridized carbons (Fsp3) is 0.400. The monoisotopic (exact) mass is 195 g/mol. The van der Waals surface area contributed by atoms with Crippen LogP contribution in [0.5, 0.6) is 0 Å². The molecule has 0 aliphatic rings. The van der Waals surface area contributed by atoms with Gasteiger partial charge in [-0.1, -0.05) is 19.1 Å². The van der Waals surface area contributed by atoms with Crippen LogP contribution in [0.25, 0.3) is 0 Å². The topological polar surface area (TPSA) is 52.4 Å². The van der Waals surface area contributed by atoms with Crippen LogP contribution >= 0.6 is 0 Å². The first kappa shape index (κ1) is 10.7. The van der Waals surface area contributed by atoms with Gasteiger partial charge in [0, 0.05) is 18.7 Å². The van der Waals surface area contributed by atoms with E-state index >= 15 is 0 Å². The molecule has 0 heterocycles. The van der Waals surface area contributed by atoms with Crippen molar-refractivity contribution in [2.24, 2.45) is 0 Å². The molecule has 0 aliphatic carbocycles. The normalized spacial score (nSPS) is 10.1. The van der Waals surface area contributed by atoms with Crippen molar-refractivity contribution in [3.05, 3.63) is 39.4 Å². The van der Waals surface area contributed by atoms with Gasteiger partial charge in [0.25, 0.3) is 5.69 Å². The maximum absolute atomic E-state index is 10.7. The second kappa shape index (κ2) is 4.72. The fourth-order valence-corrected chi connectivity index (χ4v) is 1.33. The van der Waals surface area contributed by atoms with Gasteiger partial charge in [-0.25, -0.2) is 0 Å². The molecule has 0 N–H and O–H groups in total. The Morgan fingerprint density at radius 2 is 2.21 bits per heavy atom. The van der Waals surface area contributed by atoms with E-state index < -0.39 is 0 Å². The van der Waals surface area contributed by atoms with Crippen molar-refractivity contribution in [3.8, 4) is 0 Å². The molecule has 0 saturated heterocycles. The predicted octanol–water partition coefficient (Wildman–Crippen LogP) is 2.30. The molecule has 0 aromatic heterocycles. The third-order valence-corrected chi connectivity index (χ3v) is 2.04. The Morgan fingerprint density at radius 1 is 1.50 bits per heavy atom. The van der Waals surface area contributed by atoms with Crippen molar-refractivity contribution >= 4 is 5.69 Å². The minimum Gasteiger partial charge on any atom is -0.380 e. The lowest BCUT2D eigenvalue weighted by Crippen LogP contribution is -1.97. The van der Waals surface area contributed by atoms with Gasteiger partial charge in [0.15, 0.2) is 0 Å². The number of ether oxygens (including phenoxy) is 1. The molecule has 14 heavy (non-hydrogen) atoms. The van der Waals surface area contributed by atoms with E-state index in [1.165, 1.54) is 0 Å². The first-order chi connectivity index (χ1) is 6.69. The van der Waals surface area contributed by atoms with E-state index in [9.17, 15) is 10.1 Å². The molecule has 76 valence electrons. The number of benzene rings is 1. The lowest BCUT2D eigenvalue weighted by Gasteiger charge is -2.03. The minimum absolute atomic E-state index is 0.182. The largest absolute Gasteiger partial charge is 0.380 e. The molecular weight excluding hydrogens is 182 g/mol. The van der Waals surface area contributed by atoms with E-state index in [0.29, 0.717) is 13.0 Å². The van der Waals surface area contributed by atoms with Crippen molar-refractivity contribution in [2.75, 3.05) is 7.11 Å². The van der Waals surface area contributed by atoms with Crippen molar-refractivity contribution in [1.29, 1.82) is 0 Å². The molecule has 4 nitrogen and oxygen atoms in total. The first-order valence-electron chi connectivity index (χ1n) is 4.44. The minimum atomic E-state index is -0.349. The Bertz CT molecular complexity index is 336. The molecule has 0 radical (unpaired) electrons. The van der Waals surface area contributed by atoms with Crippen LogP contribution in [0.15, 0.2) is 18.2 Å². The van der Waals surface area contributed by atoms with Gasteiger partial charge >= 0.3 is 0 Å². The maximum atomic E-state index is 10.7. The molecule has 0 spiro atoms. The van der Waals surface area contributed by atoms with Crippen LogP contribution in [0.3, 0.4) is 0 Å². The van der Waals surface area contributed by atoms with Gasteiger partial charge in [-0.2, -0.15) is 0 Å². The highest BCUT2D eigenvalue weighted by Gasteiger charge is 2.12. The molecule has 0 saturated carbocycles. The molecule has 1 aromatic rings. The Morgan fingerprint density at radius 3 is 2.71 bits per heavy atom. The van der Waals surface area contributed by atoms with Crippen LogP contribution in [0.4, 0.5) is 5.69 Å². The molecule has 4 heteroatoms. The zero-order chi connectivity index (χ0) is 10.6. The van der Waals surface area contributed by atoms with E-state index in [-0.39, 0.29) is 10.6 Å². The zero-order valence-electron chi connectivity index (χ0n) is 8.32. The van der Waals surface area contributed by atoms with Gasteiger partial charge in [-0.15, -0.1) is 0 Å². The van der Waals surface area contributed by atoms with Gasteiger partial charge in [0.2, 0.25) is 0 Å². The highest BCUT2D eigenvalue weighted by molar-refractivity contribution is 5.43. The lowest BCUT2D eigenvalue weighted by atomic mass is 10.1. The number of methoxy groups -OCH3 is 1. The highest BCUT2D eigenvalue weighted by atomic mass is 16.6. The summed E-state index contributed by atoms with van der Waals surface area (Å²) in [5.74, 6) is 0. The summed E-state index contributed by atoms with van der Waals surface area (Å²) >= 11 is 0. The van der Waals surface area contributed by atoms with Crippen molar-refractivity contribution in [3.63, 3.8) is 0 Å². The summed E-state index contributed by atoms with van der Waals surface area (Å²) in [4.78, 5) is 10.4. The second-order valence-electron chi connectivity index (χ2n) is 3.01. The zero-order valence-corrected chi connectivity index (χ0v) is 8.32. The Hall–Kier alpha value is -1.42. The standard InChI is InChI=1S/C10H13NO3/c1-3-9-5-4-8(7-14-2)6-10(9)11(12)13/h4-6H,3,7H2,1-2H3. The lowest BCUT2D eigenvalue weighted by molar-refractivity contribution is -0.385. The summed E-state index contributed by atoms with van der Waals surface area (Å²) in [6.07, 6.45) is 0.670. The number of nitro benzene ring substituents is 1. The van der Waals surface area contributed by atoms with Gasteiger partial charge in [-0.05, 0) is 12.0 Å². The average molecular weight is 195 g/mol. The second-order valence-corrected chi connectivity index (χ2v) is 3.01. The number of aryl methyl sites for hydroxylation is 1. The summed E-state index contributed by atoms with van der Waals surface area (Å²) in [6, 6.07) is 5.21. The van der Waals surface area contributed by atoms with E-state index in [1.54, 1.807) is 19.2 Å². The van der Waals surface area contributed by atoms with Crippen LogP contribution in [0.2, 0.25) is 0 Å². The Labute approximate surface area is 82.7 Å². The summed E-state index contributed by atoms with van der Waals surface area (Å²) in [7, 11) is 1.57. The number of nitrogens with zero attached hydrogens (tertiary/aromatic N) is 1. The fourth-order valence-electron chi connectivity index (χ4n) is 1.33. The average Bonchev–Trinajstić information content (AvgIpc) is 2.18. The molecule has 0 amide bonds. The van der Waals surface area contributed by atoms with E-state index in [0.717, 1.165) is 11.1 Å². The molecule has 0 bridgehead atoms. The number of hydrogen-bond acceptors (Lipinski definition) is 3. The number of nitro groups is 1. The summed E-state index contributed by atoms with van der Waals surface area (Å²) in [5, 5.41) is 10.7. The third kappa shape index (κ3) is 2.29. The third-order valence-electron chi connectivity index (χ3n) is 2.04. The molecule has 0 atom stereocenters. The molecule has 1 rings (SSSR count). The molecular formula is C10H13NO3. The van der Waals surface area contributed by atoms with E-state index in [1.807, 2.05) is 13.0 Å². The van der Waals surface area contributed by atoms with Crippen LogP contribution in [0, 0.1) is 10.1 Å². The molecule has 0 unspecified atom stereocenters. The Kier molecular flexibility index (Phi) is 3.59. The Balaban J connectivity index is 3.07. The van der Waals surface area contributed by atoms with Crippen LogP contribution in [0.1, 0.15) is 18.1 Å². The maximum Gasteiger partial charge on any atom is 0.272 e. The van der Waals surface area contributed by atoms with Gasteiger partial charge in [-0.3, -0.25) is 10.1 Å². The van der Waals surface area contributed by atoms with E-state index in [4.69, 9.17) is 4.74 Å². The number of hydrogen-bond donors (Lipinski definition) is 0. The molecule has 1 aromatic carbocycles. The smallest absolute Gasteiger partial charge is 0.272 e. The van der Waals surface area contributed by atoms with Crippen LogP contribution in [-0.4, -0.2) is 12.0 Å². The van der Waals surface area contributed by atoms with Crippen LogP contribution in [-0.2, 0) is 17.8 Å². The van der Waals surface area contributed by atoms with Crippen molar-refractivity contribution in [1.82, 2.24) is 0 Å². The summed E-state index contributed by atoms with van der Waals surface area (Å²) in [6.45, 7) is 2.31. The SMILES string of the molecule is CCc1ccc(COC)cc1[N+](=O)[O-]. The first-order valence-corrected chi connectivity index (χ1v) is 4.44. The van der Waals surface area contributed by atoms with E-state index in [2.05, 4.69) is 0 Å². The predicted molar refractivity (Wildman–Crippen MR) is 53.2 cm³/mol. The molecule has 0 fully saturated rings. The van der Waals surface area contributed by atoms with Crippen LogP contribution < -0.4 is 0 Å². The summed E-state index contributed by atoms with van der Waals surface area (Å²) < 4.78 is 4.91. The quantitative estimate of drug-likeness (QED) is 0.547. The van der Waals surface area contributed by atoms with Gasteiger partial charge < -0.3 is 4.74 Å². The molecule has 0 aliphatic heterocycles. The van der Waals surface area contributed by atoms with Gasteiger partial charge in [0.1, 0.15) is 0 Å². The van der Waals surface area contributed by atoms with Crippen molar-refractivity contribution in [2.45, 2.75) is 20.0 Å². The number of rotatable bonds is 4. The van der Waals surface area contributed by atoms with Gasteiger partial charge in [0.05, 0.1) is 11.5 Å².